The Bertz CT molecular complexity index is 538. The van der Waals surface area contributed by atoms with Gasteiger partial charge < -0.3 is 4.90 Å². The summed E-state index contributed by atoms with van der Waals surface area (Å²) in [6.45, 7) is 7.52. The number of carbonyl (C=O) groups excluding carboxylic acids is 1. The van der Waals surface area contributed by atoms with Crippen molar-refractivity contribution in [2.24, 2.45) is 5.92 Å². The lowest BCUT2D eigenvalue weighted by Gasteiger charge is -2.34. The first-order valence-electron chi connectivity index (χ1n) is 8.52. The first kappa shape index (κ1) is 18.8. The molecule has 134 valence electrons. The summed E-state index contributed by atoms with van der Waals surface area (Å²) in [4.78, 5) is 16.5. The van der Waals surface area contributed by atoms with Crippen molar-refractivity contribution in [3.05, 3.63) is 35.4 Å². The Morgan fingerprint density at radius 2 is 1.83 bits per heavy atom. The second-order valence-corrected chi connectivity index (χ2v) is 6.28. The van der Waals surface area contributed by atoms with Crippen LogP contribution in [0.4, 0.5) is 13.2 Å². The van der Waals surface area contributed by atoms with Crippen molar-refractivity contribution in [2.75, 3.05) is 26.2 Å². The standard InChI is InChI=1S/C18H25F3N2O/c1-3-23(4-2)17(24)15-6-5-11-22(13-15)12-14-7-9-16(10-8-14)18(19,20)21/h7-10,15H,3-6,11-13H2,1-2H3/t15-/m0/s1. The Balaban J connectivity index is 1.96. The van der Waals surface area contributed by atoms with E-state index in [0.29, 0.717) is 26.2 Å². The average Bonchev–Trinajstić information content (AvgIpc) is 2.56. The van der Waals surface area contributed by atoms with Crippen molar-refractivity contribution in [2.45, 2.75) is 39.4 Å². The van der Waals surface area contributed by atoms with E-state index in [-0.39, 0.29) is 11.8 Å². The summed E-state index contributed by atoms with van der Waals surface area (Å²) in [7, 11) is 0. The molecule has 0 saturated carbocycles. The third-order valence-corrected chi connectivity index (χ3v) is 4.62. The van der Waals surface area contributed by atoms with E-state index in [0.717, 1.165) is 37.1 Å². The van der Waals surface area contributed by atoms with Crippen molar-refractivity contribution in [1.82, 2.24) is 9.80 Å². The smallest absolute Gasteiger partial charge is 0.343 e. The topological polar surface area (TPSA) is 23.6 Å². The van der Waals surface area contributed by atoms with Gasteiger partial charge in [0.25, 0.3) is 0 Å². The number of alkyl halides is 3. The molecule has 1 aromatic rings. The van der Waals surface area contributed by atoms with E-state index in [4.69, 9.17) is 0 Å². The van der Waals surface area contributed by atoms with Crippen molar-refractivity contribution >= 4 is 5.91 Å². The summed E-state index contributed by atoms with van der Waals surface area (Å²) >= 11 is 0. The van der Waals surface area contributed by atoms with E-state index in [1.165, 1.54) is 12.1 Å². The average molecular weight is 342 g/mol. The molecule has 0 aliphatic carbocycles. The van der Waals surface area contributed by atoms with Crippen LogP contribution in [0.5, 0.6) is 0 Å². The van der Waals surface area contributed by atoms with Crippen LogP contribution >= 0.6 is 0 Å². The van der Waals surface area contributed by atoms with E-state index >= 15 is 0 Å². The van der Waals surface area contributed by atoms with E-state index in [9.17, 15) is 18.0 Å². The summed E-state index contributed by atoms with van der Waals surface area (Å²) in [5.74, 6) is 0.185. The van der Waals surface area contributed by atoms with Gasteiger partial charge in [-0.25, -0.2) is 0 Å². The molecule has 24 heavy (non-hydrogen) atoms. The first-order chi connectivity index (χ1) is 11.3. The van der Waals surface area contributed by atoms with E-state index in [1.807, 2.05) is 18.7 Å². The predicted octanol–water partition coefficient (Wildman–Crippen LogP) is 3.79. The second-order valence-electron chi connectivity index (χ2n) is 6.28. The summed E-state index contributed by atoms with van der Waals surface area (Å²) in [5, 5.41) is 0. The molecule has 0 spiro atoms. The maximum absolute atomic E-state index is 12.6. The van der Waals surface area contributed by atoms with Crippen LogP contribution in [0.3, 0.4) is 0 Å². The zero-order valence-corrected chi connectivity index (χ0v) is 14.3. The summed E-state index contributed by atoms with van der Waals surface area (Å²) in [6, 6.07) is 5.30. The molecule has 1 heterocycles. The van der Waals surface area contributed by atoms with Gasteiger partial charge in [-0.1, -0.05) is 12.1 Å². The molecule has 6 heteroatoms. The summed E-state index contributed by atoms with van der Waals surface area (Å²) in [5.41, 5.74) is 0.221. The molecular weight excluding hydrogens is 317 g/mol. The van der Waals surface area contributed by atoms with E-state index in [1.54, 1.807) is 0 Å². The van der Waals surface area contributed by atoms with Crippen molar-refractivity contribution in [1.29, 1.82) is 0 Å². The number of nitrogens with zero attached hydrogens (tertiary/aromatic N) is 2. The first-order valence-corrected chi connectivity index (χ1v) is 8.52. The van der Waals surface area contributed by atoms with Crippen LogP contribution in [-0.2, 0) is 17.5 Å². The monoisotopic (exact) mass is 342 g/mol. The molecule has 0 radical (unpaired) electrons. The fraction of sp³-hybridized carbons (Fsp3) is 0.611. The molecule has 0 unspecified atom stereocenters. The molecule has 1 atom stereocenters. The third-order valence-electron chi connectivity index (χ3n) is 4.62. The zero-order valence-electron chi connectivity index (χ0n) is 14.3. The normalized spacial score (nSPS) is 19.3. The Labute approximate surface area is 141 Å². The van der Waals surface area contributed by atoms with Crippen LogP contribution in [0.15, 0.2) is 24.3 Å². The van der Waals surface area contributed by atoms with E-state index < -0.39 is 11.7 Å². The van der Waals surface area contributed by atoms with Crippen LogP contribution in [0.25, 0.3) is 0 Å². The number of piperidine rings is 1. The number of likely N-dealkylation sites (tertiary alicyclic amines) is 1. The largest absolute Gasteiger partial charge is 0.416 e. The number of hydrogen-bond acceptors (Lipinski definition) is 2. The Kier molecular flexibility index (Phi) is 6.27. The maximum Gasteiger partial charge on any atom is 0.416 e. The molecule has 0 bridgehead atoms. The van der Waals surface area contributed by atoms with Crippen LogP contribution in [0.1, 0.15) is 37.8 Å². The van der Waals surface area contributed by atoms with Gasteiger partial charge in [0.2, 0.25) is 5.91 Å². The Hall–Kier alpha value is -1.56. The number of hydrogen-bond donors (Lipinski definition) is 0. The van der Waals surface area contributed by atoms with Gasteiger partial charge in [-0.05, 0) is 50.9 Å². The minimum atomic E-state index is -4.30. The highest BCUT2D eigenvalue weighted by Crippen LogP contribution is 2.29. The number of amides is 1. The number of halogens is 3. The van der Waals surface area contributed by atoms with Gasteiger partial charge in [0.05, 0.1) is 11.5 Å². The van der Waals surface area contributed by atoms with Gasteiger partial charge in [0.15, 0.2) is 0 Å². The SMILES string of the molecule is CCN(CC)C(=O)[C@H]1CCCN(Cc2ccc(C(F)(F)F)cc2)C1. The minimum absolute atomic E-state index is 0.00639. The summed E-state index contributed by atoms with van der Waals surface area (Å²) < 4.78 is 37.8. The van der Waals surface area contributed by atoms with Crippen LogP contribution in [0.2, 0.25) is 0 Å². The highest BCUT2D eigenvalue weighted by Gasteiger charge is 2.30. The minimum Gasteiger partial charge on any atom is -0.343 e. The van der Waals surface area contributed by atoms with Crippen molar-refractivity contribution < 1.29 is 18.0 Å². The molecule has 0 aromatic heterocycles. The fourth-order valence-corrected chi connectivity index (χ4v) is 3.25. The number of benzene rings is 1. The summed E-state index contributed by atoms with van der Waals surface area (Å²) in [6.07, 6.45) is -2.47. The maximum atomic E-state index is 12.6. The van der Waals surface area contributed by atoms with Crippen molar-refractivity contribution in [3.63, 3.8) is 0 Å². The molecule has 0 N–H and O–H groups in total. The molecular formula is C18H25F3N2O. The highest BCUT2D eigenvalue weighted by molar-refractivity contribution is 5.79. The van der Waals surface area contributed by atoms with Gasteiger partial charge in [-0.3, -0.25) is 9.69 Å². The Morgan fingerprint density at radius 1 is 1.21 bits per heavy atom. The van der Waals surface area contributed by atoms with Gasteiger partial charge in [0.1, 0.15) is 0 Å². The molecule has 3 nitrogen and oxygen atoms in total. The Morgan fingerprint density at radius 3 is 2.38 bits per heavy atom. The predicted molar refractivity (Wildman–Crippen MR) is 87.4 cm³/mol. The molecule has 1 aliphatic rings. The molecule has 1 aromatic carbocycles. The number of rotatable bonds is 5. The fourth-order valence-electron chi connectivity index (χ4n) is 3.25. The van der Waals surface area contributed by atoms with Gasteiger partial charge in [-0.15, -0.1) is 0 Å². The molecule has 1 aliphatic heterocycles. The van der Waals surface area contributed by atoms with Crippen LogP contribution in [-0.4, -0.2) is 41.9 Å². The van der Waals surface area contributed by atoms with Crippen LogP contribution < -0.4 is 0 Å². The van der Waals surface area contributed by atoms with Crippen LogP contribution in [0, 0.1) is 5.92 Å². The van der Waals surface area contributed by atoms with E-state index in [2.05, 4.69) is 4.90 Å². The van der Waals surface area contributed by atoms with Gasteiger partial charge in [-0.2, -0.15) is 13.2 Å². The third kappa shape index (κ3) is 4.72. The quantitative estimate of drug-likeness (QED) is 0.813. The molecule has 1 amide bonds. The molecule has 1 saturated heterocycles. The lowest BCUT2D eigenvalue weighted by atomic mass is 9.96. The zero-order chi connectivity index (χ0) is 17.7. The van der Waals surface area contributed by atoms with Gasteiger partial charge >= 0.3 is 6.18 Å². The lowest BCUT2D eigenvalue weighted by molar-refractivity contribution is -0.138. The lowest BCUT2D eigenvalue weighted by Crippen LogP contribution is -2.44. The van der Waals surface area contributed by atoms with Gasteiger partial charge in [0, 0.05) is 26.2 Å². The second kappa shape index (κ2) is 8.01. The molecule has 1 fully saturated rings. The van der Waals surface area contributed by atoms with Crippen molar-refractivity contribution in [3.8, 4) is 0 Å². The highest BCUT2D eigenvalue weighted by atomic mass is 19.4. The number of carbonyl (C=O) groups is 1. The molecule has 2 rings (SSSR count).